The van der Waals surface area contributed by atoms with Crippen LogP contribution in [0.3, 0.4) is 0 Å². The summed E-state index contributed by atoms with van der Waals surface area (Å²) in [5, 5.41) is 24.7. The van der Waals surface area contributed by atoms with Gasteiger partial charge in [-0.25, -0.2) is 13.2 Å². The Morgan fingerprint density at radius 2 is 0.980 bits per heavy atom. The van der Waals surface area contributed by atoms with E-state index in [1.807, 2.05) is 0 Å². The van der Waals surface area contributed by atoms with E-state index < -0.39 is 62.8 Å². The first-order chi connectivity index (χ1) is 24.0. The summed E-state index contributed by atoms with van der Waals surface area (Å²) in [5.74, 6) is -14.2. The Hall–Kier alpha value is -4.12. The second-order valence-electron chi connectivity index (χ2n) is 9.55. The van der Waals surface area contributed by atoms with Gasteiger partial charge in [-0.3, -0.25) is 25.0 Å². The molecule has 0 aliphatic rings. The van der Waals surface area contributed by atoms with Gasteiger partial charge in [0.2, 0.25) is 34.8 Å². The van der Waals surface area contributed by atoms with E-state index in [1.165, 1.54) is 12.1 Å². The number of esters is 1. The average Bonchev–Trinajstić information content (AvgIpc) is 3.10. The van der Waals surface area contributed by atoms with Crippen molar-refractivity contribution in [2.24, 2.45) is 0 Å². The summed E-state index contributed by atoms with van der Waals surface area (Å²) in [4.78, 5) is 32.1. The molecular formula is C29H36F5N3O13. The number of nitro groups is 2. The molecule has 2 rings (SSSR count). The highest BCUT2D eigenvalue weighted by molar-refractivity contribution is 5.72. The second kappa shape index (κ2) is 24.1. The molecule has 0 aliphatic heterocycles. The third kappa shape index (κ3) is 15.6. The first-order valence-electron chi connectivity index (χ1n) is 15.0. The van der Waals surface area contributed by atoms with Gasteiger partial charge in [0.15, 0.2) is 0 Å². The molecule has 1 N–H and O–H groups in total. The number of carbonyl (C=O) groups is 1. The Morgan fingerprint density at radius 3 is 1.40 bits per heavy atom. The van der Waals surface area contributed by atoms with E-state index in [9.17, 15) is 47.0 Å². The SMILES string of the molecule is O=C(CCOCCOCCOCCOCCOCCOCCOCCNc1ccc([N+](=O)[O-])cc1[N+](=O)[O-])Oc1c(F)c(F)c(F)c(F)c1F. The minimum Gasteiger partial charge on any atom is -0.420 e. The molecule has 0 radical (unpaired) electrons. The molecule has 0 bridgehead atoms. The molecule has 0 aliphatic carbocycles. The highest BCUT2D eigenvalue weighted by Crippen LogP contribution is 2.30. The highest BCUT2D eigenvalue weighted by atomic mass is 19.2. The lowest BCUT2D eigenvalue weighted by Gasteiger charge is -2.09. The third-order valence-corrected chi connectivity index (χ3v) is 6.02. The minimum absolute atomic E-state index is 0.0548. The first kappa shape index (κ1) is 42.0. The van der Waals surface area contributed by atoms with Crippen LogP contribution in [-0.4, -0.2) is 115 Å². The van der Waals surface area contributed by atoms with Gasteiger partial charge in [-0.2, -0.15) is 8.78 Å². The fourth-order valence-corrected chi connectivity index (χ4v) is 3.61. The van der Waals surface area contributed by atoms with Gasteiger partial charge in [-0.05, 0) is 6.07 Å². The van der Waals surface area contributed by atoms with Crippen molar-refractivity contribution in [1.82, 2.24) is 0 Å². The number of ether oxygens (including phenoxy) is 8. The number of nitrogens with one attached hydrogen (secondary N) is 1. The molecule has 16 nitrogen and oxygen atoms in total. The molecule has 50 heavy (non-hydrogen) atoms. The zero-order chi connectivity index (χ0) is 36.7. The van der Waals surface area contributed by atoms with Crippen LogP contribution in [0.1, 0.15) is 6.42 Å². The minimum atomic E-state index is -2.36. The molecule has 0 spiro atoms. The standard InChI is InChI=1S/C29H36F5N3O13/c30-24-25(31)27(33)29(28(34)26(24)32)50-23(38)3-5-43-7-9-45-11-13-47-15-17-49-18-16-48-14-12-46-10-8-44-6-4-35-21-2-1-20(36(39)40)19-22(21)37(41)42/h1-2,19,35H,3-18H2. The maximum Gasteiger partial charge on any atom is 0.313 e. The van der Waals surface area contributed by atoms with Crippen LogP contribution in [0.15, 0.2) is 18.2 Å². The highest BCUT2D eigenvalue weighted by Gasteiger charge is 2.28. The fraction of sp³-hybridized carbons (Fsp3) is 0.552. The van der Waals surface area contributed by atoms with Crippen molar-refractivity contribution >= 4 is 23.0 Å². The van der Waals surface area contributed by atoms with E-state index in [0.717, 1.165) is 6.07 Å². The van der Waals surface area contributed by atoms with Crippen molar-refractivity contribution < 1.29 is 74.5 Å². The van der Waals surface area contributed by atoms with Gasteiger partial charge < -0.3 is 43.2 Å². The molecule has 2 aromatic carbocycles. The molecule has 0 saturated heterocycles. The largest absolute Gasteiger partial charge is 0.420 e. The molecule has 0 unspecified atom stereocenters. The summed E-state index contributed by atoms with van der Waals surface area (Å²) in [5.41, 5.74) is -0.624. The molecular weight excluding hydrogens is 693 g/mol. The fourth-order valence-electron chi connectivity index (χ4n) is 3.61. The predicted octanol–water partition coefficient (Wildman–Crippen LogP) is 3.72. The topological polar surface area (TPSA) is 189 Å². The molecule has 0 fully saturated rings. The molecule has 0 atom stereocenters. The Balaban J connectivity index is 1.31. The quantitative estimate of drug-likeness (QED) is 0.0195. The van der Waals surface area contributed by atoms with Crippen molar-refractivity contribution in [3.05, 3.63) is 67.5 Å². The number of halogens is 5. The van der Waals surface area contributed by atoms with E-state index in [4.69, 9.17) is 33.2 Å². The number of nitrogens with zero attached hydrogens (tertiary/aromatic N) is 2. The third-order valence-electron chi connectivity index (χ3n) is 6.02. The Morgan fingerprint density at radius 1 is 0.580 bits per heavy atom. The average molecular weight is 730 g/mol. The summed E-state index contributed by atoms with van der Waals surface area (Å²) in [6.07, 6.45) is -0.507. The molecule has 0 amide bonds. The van der Waals surface area contributed by atoms with Crippen LogP contribution in [0.4, 0.5) is 39.0 Å². The first-order valence-corrected chi connectivity index (χ1v) is 15.0. The van der Waals surface area contributed by atoms with E-state index >= 15 is 0 Å². The van der Waals surface area contributed by atoms with Gasteiger partial charge in [-0.1, -0.05) is 0 Å². The monoisotopic (exact) mass is 729 g/mol. The molecule has 21 heteroatoms. The number of hydrogen-bond donors (Lipinski definition) is 1. The maximum atomic E-state index is 13.5. The smallest absolute Gasteiger partial charge is 0.313 e. The number of anilines is 1. The number of rotatable bonds is 28. The second-order valence-corrected chi connectivity index (χ2v) is 9.55. The molecule has 2 aromatic rings. The van der Waals surface area contributed by atoms with Crippen LogP contribution in [0.2, 0.25) is 0 Å². The van der Waals surface area contributed by atoms with E-state index in [0.29, 0.717) is 46.2 Å². The number of benzene rings is 2. The summed E-state index contributed by atoms with van der Waals surface area (Å²) >= 11 is 0. The summed E-state index contributed by atoms with van der Waals surface area (Å²) in [6.45, 7) is 3.54. The Labute approximate surface area is 281 Å². The van der Waals surface area contributed by atoms with Gasteiger partial charge in [-0.15, -0.1) is 0 Å². The van der Waals surface area contributed by atoms with Crippen molar-refractivity contribution in [2.45, 2.75) is 6.42 Å². The van der Waals surface area contributed by atoms with Gasteiger partial charge in [0.25, 0.3) is 11.4 Å². The van der Waals surface area contributed by atoms with Crippen molar-refractivity contribution in [1.29, 1.82) is 0 Å². The lowest BCUT2D eigenvalue weighted by molar-refractivity contribution is -0.393. The van der Waals surface area contributed by atoms with E-state index in [1.54, 1.807) is 0 Å². The van der Waals surface area contributed by atoms with Crippen molar-refractivity contribution in [2.75, 3.05) is 104 Å². The van der Waals surface area contributed by atoms with Gasteiger partial charge in [0.05, 0.1) is 115 Å². The molecule has 280 valence electrons. The zero-order valence-electron chi connectivity index (χ0n) is 26.6. The Kier molecular flexibility index (Phi) is 20.3. The summed E-state index contributed by atoms with van der Waals surface area (Å²) < 4.78 is 108. The van der Waals surface area contributed by atoms with Gasteiger partial charge >= 0.3 is 5.97 Å². The normalized spacial score (nSPS) is 11.1. The lowest BCUT2D eigenvalue weighted by atomic mass is 10.2. The van der Waals surface area contributed by atoms with Gasteiger partial charge in [0, 0.05) is 12.6 Å². The van der Waals surface area contributed by atoms with Gasteiger partial charge in [0.1, 0.15) is 5.69 Å². The summed E-state index contributed by atoms with van der Waals surface area (Å²) in [6, 6.07) is 3.33. The van der Waals surface area contributed by atoms with Crippen molar-refractivity contribution in [3.63, 3.8) is 0 Å². The summed E-state index contributed by atoms with van der Waals surface area (Å²) in [7, 11) is 0. The number of nitro benzene ring substituents is 2. The number of non-ortho nitro benzene ring substituents is 1. The van der Waals surface area contributed by atoms with Crippen LogP contribution in [-0.2, 0) is 38.0 Å². The van der Waals surface area contributed by atoms with Crippen LogP contribution in [0.25, 0.3) is 0 Å². The number of hydrogen-bond acceptors (Lipinski definition) is 14. The molecule has 0 heterocycles. The molecule has 0 saturated carbocycles. The van der Waals surface area contributed by atoms with Crippen LogP contribution < -0.4 is 10.1 Å². The van der Waals surface area contributed by atoms with Crippen LogP contribution in [0.5, 0.6) is 5.75 Å². The van der Waals surface area contributed by atoms with E-state index in [2.05, 4.69) is 10.1 Å². The predicted molar refractivity (Wildman–Crippen MR) is 160 cm³/mol. The van der Waals surface area contributed by atoms with E-state index in [-0.39, 0.29) is 64.2 Å². The van der Waals surface area contributed by atoms with Crippen LogP contribution in [0, 0.1) is 49.3 Å². The zero-order valence-corrected chi connectivity index (χ0v) is 26.6. The maximum absolute atomic E-state index is 13.5. The Bertz CT molecular complexity index is 1350. The lowest BCUT2D eigenvalue weighted by Crippen LogP contribution is -2.16. The van der Waals surface area contributed by atoms with Crippen molar-refractivity contribution in [3.8, 4) is 5.75 Å². The van der Waals surface area contributed by atoms with Crippen LogP contribution >= 0.6 is 0 Å². The molecule has 0 aromatic heterocycles. The number of carbonyl (C=O) groups excluding carboxylic acids is 1.